The molecule has 0 bridgehead atoms. The molecule has 0 aliphatic heterocycles. The monoisotopic (exact) mass is 247 g/mol. The molecule has 0 aliphatic carbocycles. The Kier molecular flexibility index (Phi) is 3.38. The molecule has 0 aliphatic rings. The molecule has 0 atom stereocenters. The summed E-state index contributed by atoms with van der Waals surface area (Å²) in [6.45, 7) is 3.71. The van der Waals surface area contributed by atoms with Crippen LogP contribution in [0.2, 0.25) is 0 Å². The predicted molar refractivity (Wildman–Crippen MR) is 69.0 cm³/mol. The van der Waals surface area contributed by atoms with Gasteiger partial charge in [-0.3, -0.25) is 0 Å². The minimum Gasteiger partial charge on any atom is -0.340 e. The fourth-order valence-corrected chi connectivity index (χ4v) is 1.58. The number of nitrogen functional groups attached to an aromatic ring is 1. The lowest BCUT2D eigenvalue weighted by atomic mass is 10.2. The summed E-state index contributed by atoms with van der Waals surface area (Å²) in [5.41, 5.74) is 4.84. The van der Waals surface area contributed by atoms with Gasteiger partial charge in [-0.15, -0.1) is 0 Å². The summed E-state index contributed by atoms with van der Waals surface area (Å²) in [5.74, 6) is 6.16. The Balaban J connectivity index is 2.37. The topological polar surface area (TPSA) is 75.9 Å². The Labute approximate surface area is 104 Å². The predicted octanol–water partition coefficient (Wildman–Crippen LogP) is 2.26. The van der Waals surface area contributed by atoms with Gasteiger partial charge in [0.05, 0.1) is 0 Å². The Morgan fingerprint density at radius 1 is 1.17 bits per heavy atom. The molecule has 2 rings (SSSR count). The molecular formula is C12H14FN5. The number of anilines is 3. The van der Waals surface area contributed by atoms with Crippen LogP contribution >= 0.6 is 0 Å². The Morgan fingerprint density at radius 2 is 1.89 bits per heavy atom. The van der Waals surface area contributed by atoms with Gasteiger partial charge in [-0.25, -0.2) is 20.2 Å². The highest BCUT2D eigenvalue weighted by Crippen LogP contribution is 2.24. The lowest BCUT2D eigenvalue weighted by Crippen LogP contribution is -2.11. The fourth-order valence-electron chi connectivity index (χ4n) is 1.58. The highest BCUT2D eigenvalue weighted by atomic mass is 19.1. The summed E-state index contributed by atoms with van der Waals surface area (Å²) >= 11 is 0. The number of nitrogens with zero attached hydrogens (tertiary/aromatic N) is 2. The first-order valence-electron chi connectivity index (χ1n) is 5.43. The van der Waals surface area contributed by atoms with Gasteiger partial charge in [0.2, 0.25) is 0 Å². The van der Waals surface area contributed by atoms with Crippen LogP contribution < -0.4 is 16.6 Å². The molecule has 0 fully saturated rings. The minimum absolute atomic E-state index is 0.299. The normalized spacial score (nSPS) is 10.2. The molecule has 5 nitrogen and oxygen atoms in total. The largest absolute Gasteiger partial charge is 0.340 e. The molecule has 0 saturated heterocycles. The van der Waals surface area contributed by atoms with E-state index in [1.165, 1.54) is 18.5 Å². The standard InChI is InChI=1S/C12H14FN5/c1-7-3-4-9(13)5-10(7)17-11-8(2)12(18-14)16-6-15-11/h3-6H,14H2,1-2H3,(H2,15,16,17,18). The van der Waals surface area contributed by atoms with E-state index in [1.54, 1.807) is 6.07 Å². The van der Waals surface area contributed by atoms with E-state index in [1.807, 2.05) is 13.8 Å². The number of rotatable bonds is 3. The molecule has 94 valence electrons. The molecule has 18 heavy (non-hydrogen) atoms. The average molecular weight is 247 g/mol. The van der Waals surface area contributed by atoms with Crippen LogP contribution in [0.3, 0.4) is 0 Å². The number of aromatic nitrogens is 2. The molecule has 0 spiro atoms. The summed E-state index contributed by atoms with van der Waals surface area (Å²) < 4.78 is 13.2. The van der Waals surface area contributed by atoms with Crippen LogP contribution in [-0.2, 0) is 0 Å². The van der Waals surface area contributed by atoms with Gasteiger partial charge in [-0.05, 0) is 31.5 Å². The van der Waals surface area contributed by atoms with Gasteiger partial charge in [0.1, 0.15) is 23.8 Å². The number of benzene rings is 1. The molecule has 2 aromatic rings. The van der Waals surface area contributed by atoms with E-state index >= 15 is 0 Å². The lowest BCUT2D eigenvalue weighted by molar-refractivity contribution is 0.628. The average Bonchev–Trinajstić information content (AvgIpc) is 2.36. The van der Waals surface area contributed by atoms with E-state index in [9.17, 15) is 4.39 Å². The molecule has 6 heteroatoms. The SMILES string of the molecule is Cc1ccc(F)cc1Nc1ncnc(NN)c1C. The third-order valence-electron chi connectivity index (χ3n) is 2.67. The van der Waals surface area contributed by atoms with Crippen molar-refractivity contribution in [2.45, 2.75) is 13.8 Å². The molecule has 1 heterocycles. The smallest absolute Gasteiger partial charge is 0.148 e. The molecule has 1 aromatic heterocycles. The van der Waals surface area contributed by atoms with Gasteiger partial charge in [0.15, 0.2) is 0 Å². The second-order valence-electron chi connectivity index (χ2n) is 3.92. The van der Waals surface area contributed by atoms with E-state index in [4.69, 9.17) is 5.84 Å². The zero-order chi connectivity index (χ0) is 13.1. The maximum Gasteiger partial charge on any atom is 0.148 e. The molecule has 4 N–H and O–H groups in total. The summed E-state index contributed by atoms with van der Waals surface area (Å²) in [5, 5.41) is 3.07. The van der Waals surface area contributed by atoms with Gasteiger partial charge in [-0.1, -0.05) is 6.07 Å². The summed E-state index contributed by atoms with van der Waals surface area (Å²) in [4.78, 5) is 8.09. The van der Waals surface area contributed by atoms with Crippen LogP contribution in [0, 0.1) is 19.7 Å². The number of nitrogens with one attached hydrogen (secondary N) is 2. The number of hydrogen-bond acceptors (Lipinski definition) is 5. The third-order valence-corrected chi connectivity index (χ3v) is 2.67. The summed E-state index contributed by atoms with van der Waals surface area (Å²) in [6, 6.07) is 4.54. The Morgan fingerprint density at radius 3 is 2.61 bits per heavy atom. The van der Waals surface area contributed by atoms with Crippen LogP contribution in [-0.4, -0.2) is 9.97 Å². The van der Waals surface area contributed by atoms with Crippen molar-refractivity contribution in [2.24, 2.45) is 5.84 Å². The van der Waals surface area contributed by atoms with E-state index in [0.717, 1.165) is 11.1 Å². The van der Waals surface area contributed by atoms with Gasteiger partial charge < -0.3 is 10.7 Å². The van der Waals surface area contributed by atoms with Gasteiger partial charge in [0, 0.05) is 11.3 Å². The van der Waals surface area contributed by atoms with Crippen LogP contribution in [0.5, 0.6) is 0 Å². The molecule has 0 radical (unpaired) electrons. The Hall–Kier alpha value is -2.21. The number of aryl methyl sites for hydroxylation is 1. The highest BCUT2D eigenvalue weighted by Gasteiger charge is 2.08. The van der Waals surface area contributed by atoms with Crippen LogP contribution in [0.15, 0.2) is 24.5 Å². The number of hydrogen-bond donors (Lipinski definition) is 3. The molecule has 0 unspecified atom stereocenters. The van der Waals surface area contributed by atoms with Crippen LogP contribution in [0.1, 0.15) is 11.1 Å². The zero-order valence-electron chi connectivity index (χ0n) is 10.2. The second-order valence-corrected chi connectivity index (χ2v) is 3.92. The van der Waals surface area contributed by atoms with Crippen molar-refractivity contribution in [3.63, 3.8) is 0 Å². The van der Waals surface area contributed by atoms with Crippen molar-refractivity contribution in [1.82, 2.24) is 9.97 Å². The van der Waals surface area contributed by atoms with Crippen molar-refractivity contribution >= 4 is 17.3 Å². The van der Waals surface area contributed by atoms with Crippen molar-refractivity contribution in [1.29, 1.82) is 0 Å². The van der Waals surface area contributed by atoms with Gasteiger partial charge >= 0.3 is 0 Å². The van der Waals surface area contributed by atoms with Crippen molar-refractivity contribution < 1.29 is 4.39 Å². The van der Waals surface area contributed by atoms with Gasteiger partial charge in [0.25, 0.3) is 0 Å². The van der Waals surface area contributed by atoms with Crippen molar-refractivity contribution in [3.8, 4) is 0 Å². The number of halogens is 1. The van der Waals surface area contributed by atoms with Crippen molar-refractivity contribution in [2.75, 3.05) is 10.7 Å². The molecule has 0 saturated carbocycles. The second kappa shape index (κ2) is 4.97. The van der Waals surface area contributed by atoms with Gasteiger partial charge in [-0.2, -0.15) is 0 Å². The van der Waals surface area contributed by atoms with E-state index in [0.29, 0.717) is 17.3 Å². The van der Waals surface area contributed by atoms with Crippen molar-refractivity contribution in [3.05, 3.63) is 41.5 Å². The molecule has 1 aromatic carbocycles. The first kappa shape index (κ1) is 12.3. The maximum absolute atomic E-state index is 13.2. The fraction of sp³-hybridized carbons (Fsp3) is 0.167. The zero-order valence-corrected chi connectivity index (χ0v) is 10.2. The quantitative estimate of drug-likeness (QED) is 0.573. The minimum atomic E-state index is -0.299. The Bertz CT molecular complexity index is 570. The number of nitrogens with two attached hydrogens (primary N) is 1. The molecule has 0 amide bonds. The third kappa shape index (κ3) is 2.38. The highest BCUT2D eigenvalue weighted by molar-refractivity contribution is 5.66. The molecular weight excluding hydrogens is 233 g/mol. The lowest BCUT2D eigenvalue weighted by Gasteiger charge is -2.12. The summed E-state index contributed by atoms with van der Waals surface area (Å²) in [6.07, 6.45) is 1.39. The van der Waals surface area contributed by atoms with Crippen LogP contribution in [0.25, 0.3) is 0 Å². The maximum atomic E-state index is 13.2. The van der Waals surface area contributed by atoms with Crippen LogP contribution in [0.4, 0.5) is 21.7 Å². The first-order valence-corrected chi connectivity index (χ1v) is 5.43. The van der Waals surface area contributed by atoms with E-state index in [2.05, 4.69) is 20.7 Å². The summed E-state index contributed by atoms with van der Waals surface area (Å²) in [7, 11) is 0. The number of hydrazine groups is 1. The van der Waals surface area contributed by atoms with E-state index in [-0.39, 0.29) is 5.82 Å². The van der Waals surface area contributed by atoms with E-state index < -0.39 is 0 Å². The first-order chi connectivity index (χ1) is 8.61.